The molecule has 1 aromatic heterocycles. The fourth-order valence-corrected chi connectivity index (χ4v) is 2.41. The van der Waals surface area contributed by atoms with Gasteiger partial charge in [-0.15, -0.1) is 0 Å². The van der Waals surface area contributed by atoms with E-state index in [4.69, 9.17) is 11.6 Å². The second kappa shape index (κ2) is 5.57. The van der Waals surface area contributed by atoms with Gasteiger partial charge in [0, 0.05) is 29.7 Å². The van der Waals surface area contributed by atoms with Gasteiger partial charge in [-0.3, -0.25) is 9.48 Å². The molecule has 4 heteroatoms. The standard InChI is InChI=1S/C15H17ClN2O/c1-10-14(11(2)18(3)17-10)7-8-15(19)12-5-4-6-13(16)9-12/h4-6,9H,7-8H2,1-3H3. The van der Waals surface area contributed by atoms with Gasteiger partial charge in [-0.05, 0) is 38.0 Å². The van der Waals surface area contributed by atoms with E-state index in [-0.39, 0.29) is 5.78 Å². The summed E-state index contributed by atoms with van der Waals surface area (Å²) in [6.45, 7) is 4.01. The minimum Gasteiger partial charge on any atom is -0.294 e. The van der Waals surface area contributed by atoms with Gasteiger partial charge in [0.05, 0.1) is 5.69 Å². The smallest absolute Gasteiger partial charge is 0.163 e. The lowest BCUT2D eigenvalue weighted by molar-refractivity contribution is 0.0983. The number of Topliss-reactive ketones (excluding diaryl/α,β-unsaturated/α-hetero) is 1. The third kappa shape index (κ3) is 3.04. The molecule has 0 spiro atoms. The minimum atomic E-state index is 0.116. The average Bonchev–Trinajstić information content (AvgIpc) is 2.61. The van der Waals surface area contributed by atoms with Gasteiger partial charge in [0.2, 0.25) is 0 Å². The SMILES string of the molecule is Cc1nn(C)c(C)c1CCC(=O)c1cccc(Cl)c1. The molecule has 0 amide bonds. The van der Waals surface area contributed by atoms with Crippen LogP contribution in [0.15, 0.2) is 24.3 Å². The summed E-state index contributed by atoms with van der Waals surface area (Å²) in [5.74, 6) is 0.116. The molecule has 0 aliphatic rings. The predicted molar refractivity (Wildman–Crippen MR) is 76.8 cm³/mol. The van der Waals surface area contributed by atoms with E-state index in [1.54, 1.807) is 24.3 Å². The van der Waals surface area contributed by atoms with E-state index in [2.05, 4.69) is 5.10 Å². The maximum Gasteiger partial charge on any atom is 0.163 e. The molecule has 0 saturated heterocycles. The molecule has 2 aromatic rings. The third-order valence-electron chi connectivity index (χ3n) is 3.41. The fraction of sp³-hybridized carbons (Fsp3) is 0.333. The summed E-state index contributed by atoms with van der Waals surface area (Å²) in [7, 11) is 1.92. The van der Waals surface area contributed by atoms with Crippen molar-refractivity contribution in [3.63, 3.8) is 0 Å². The van der Waals surface area contributed by atoms with Crippen molar-refractivity contribution in [3.8, 4) is 0 Å². The van der Waals surface area contributed by atoms with Crippen LogP contribution in [0, 0.1) is 13.8 Å². The molecule has 0 N–H and O–H groups in total. The second-order valence-corrected chi connectivity index (χ2v) is 5.14. The Hall–Kier alpha value is -1.61. The number of rotatable bonds is 4. The zero-order valence-corrected chi connectivity index (χ0v) is 12.2. The summed E-state index contributed by atoms with van der Waals surface area (Å²) in [5, 5.41) is 4.96. The van der Waals surface area contributed by atoms with E-state index >= 15 is 0 Å². The quantitative estimate of drug-likeness (QED) is 0.801. The molecule has 1 heterocycles. The van der Waals surface area contributed by atoms with Crippen LogP contribution in [0.5, 0.6) is 0 Å². The molecule has 0 atom stereocenters. The maximum atomic E-state index is 12.1. The van der Waals surface area contributed by atoms with Gasteiger partial charge in [0.25, 0.3) is 0 Å². The van der Waals surface area contributed by atoms with Crippen LogP contribution >= 0.6 is 11.6 Å². The Morgan fingerprint density at radius 2 is 2.11 bits per heavy atom. The van der Waals surface area contributed by atoms with Crippen LogP contribution in [-0.4, -0.2) is 15.6 Å². The Bertz CT molecular complexity index is 617. The number of ketones is 1. The summed E-state index contributed by atoms with van der Waals surface area (Å²) in [4.78, 5) is 12.1. The number of carbonyl (C=O) groups excluding carboxylic acids is 1. The third-order valence-corrected chi connectivity index (χ3v) is 3.64. The average molecular weight is 277 g/mol. The first-order chi connectivity index (χ1) is 8.99. The molecule has 0 bridgehead atoms. The number of aromatic nitrogens is 2. The van der Waals surface area contributed by atoms with Crippen LogP contribution in [0.25, 0.3) is 0 Å². The normalized spacial score (nSPS) is 10.7. The van der Waals surface area contributed by atoms with Gasteiger partial charge in [-0.2, -0.15) is 5.10 Å². The number of hydrogen-bond donors (Lipinski definition) is 0. The van der Waals surface area contributed by atoms with Gasteiger partial charge in [-0.1, -0.05) is 23.7 Å². The molecule has 2 rings (SSSR count). The number of carbonyl (C=O) groups is 1. The van der Waals surface area contributed by atoms with Crippen LogP contribution in [0.4, 0.5) is 0 Å². The van der Waals surface area contributed by atoms with Gasteiger partial charge >= 0.3 is 0 Å². The Kier molecular flexibility index (Phi) is 4.05. The van der Waals surface area contributed by atoms with Crippen LogP contribution in [0.3, 0.4) is 0 Å². The van der Waals surface area contributed by atoms with E-state index in [1.807, 2.05) is 25.6 Å². The highest BCUT2D eigenvalue weighted by Gasteiger charge is 2.12. The van der Waals surface area contributed by atoms with Crippen LogP contribution < -0.4 is 0 Å². The highest BCUT2D eigenvalue weighted by molar-refractivity contribution is 6.31. The molecular formula is C15H17ClN2O. The van der Waals surface area contributed by atoms with Crippen LogP contribution in [0.1, 0.15) is 33.7 Å². The minimum absolute atomic E-state index is 0.116. The zero-order valence-electron chi connectivity index (χ0n) is 11.4. The molecule has 0 fully saturated rings. The summed E-state index contributed by atoms with van der Waals surface area (Å²) in [5.41, 5.74) is 3.96. The number of hydrogen-bond acceptors (Lipinski definition) is 2. The lowest BCUT2D eigenvalue weighted by Crippen LogP contribution is -2.02. The molecule has 3 nitrogen and oxygen atoms in total. The topological polar surface area (TPSA) is 34.9 Å². The maximum absolute atomic E-state index is 12.1. The Morgan fingerprint density at radius 3 is 2.68 bits per heavy atom. The summed E-state index contributed by atoms with van der Waals surface area (Å²) >= 11 is 5.89. The first-order valence-electron chi connectivity index (χ1n) is 6.27. The largest absolute Gasteiger partial charge is 0.294 e. The van der Waals surface area contributed by atoms with Crippen LogP contribution in [-0.2, 0) is 13.5 Å². The van der Waals surface area contributed by atoms with E-state index in [0.717, 1.165) is 23.4 Å². The summed E-state index contributed by atoms with van der Waals surface area (Å²) in [6.07, 6.45) is 1.20. The second-order valence-electron chi connectivity index (χ2n) is 4.71. The van der Waals surface area contributed by atoms with Crippen molar-refractivity contribution in [1.29, 1.82) is 0 Å². The van der Waals surface area contributed by atoms with Crippen molar-refractivity contribution < 1.29 is 4.79 Å². The highest BCUT2D eigenvalue weighted by Crippen LogP contribution is 2.17. The Labute approximate surface area is 118 Å². The number of halogens is 1. The fourth-order valence-electron chi connectivity index (χ4n) is 2.22. The van der Waals surface area contributed by atoms with Gasteiger partial charge < -0.3 is 0 Å². The van der Waals surface area contributed by atoms with Crippen molar-refractivity contribution in [2.75, 3.05) is 0 Å². The van der Waals surface area contributed by atoms with Crippen molar-refractivity contribution in [2.24, 2.45) is 7.05 Å². The van der Waals surface area contributed by atoms with Crippen molar-refractivity contribution >= 4 is 17.4 Å². The predicted octanol–water partition coefficient (Wildman–Crippen LogP) is 3.51. The van der Waals surface area contributed by atoms with Crippen molar-refractivity contribution in [2.45, 2.75) is 26.7 Å². The molecule has 0 radical (unpaired) electrons. The lowest BCUT2D eigenvalue weighted by atomic mass is 10.0. The monoisotopic (exact) mass is 276 g/mol. The Balaban J connectivity index is 2.09. The number of nitrogens with zero attached hydrogens (tertiary/aromatic N) is 2. The molecular weight excluding hydrogens is 260 g/mol. The van der Waals surface area contributed by atoms with Crippen molar-refractivity contribution in [1.82, 2.24) is 9.78 Å². The van der Waals surface area contributed by atoms with Crippen LogP contribution in [0.2, 0.25) is 5.02 Å². The van der Waals surface area contributed by atoms with Gasteiger partial charge in [0.15, 0.2) is 5.78 Å². The van der Waals surface area contributed by atoms with E-state index in [9.17, 15) is 4.79 Å². The molecule has 0 aliphatic carbocycles. The van der Waals surface area contributed by atoms with E-state index in [0.29, 0.717) is 17.0 Å². The summed E-state index contributed by atoms with van der Waals surface area (Å²) in [6, 6.07) is 7.09. The molecule has 1 aromatic carbocycles. The lowest BCUT2D eigenvalue weighted by Gasteiger charge is -2.03. The zero-order chi connectivity index (χ0) is 14.0. The van der Waals surface area contributed by atoms with Crippen molar-refractivity contribution in [3.05, 3.63) is 51.8 Å². The number of aryl methyl sites for hydroxylation is 2. The number of benzene rings is 1. The first kappa shape index (κ1) is 13.8. The molecule has 19 heavy (non-hydrogen) atoms. The highest BCUT2D eigenvalue weighted by atomic mass is 35.5. The Morgan fingerprint density at radius 1 is 1.37 bits per heavy atom. The molecule has 0 saturated carbocycles. The first-order valence-corrected chi connectivity index (χ1v) is 6.64. The summed E-state index contributed by atoms with van der Waals surface area (Å²) < 4.78 is 1.86. The molecule has 0 unspecified atom stereocenters. The van der Waals surface area contributed by atoms with Gasteiger partial charge in [-0.25, -0.2) is 0 Å². The molecule has 0 aliphatic heterocycles. The molecule has 100 valence electrons. The van der Waals surface area contributed by atoms with E-state index in [1.165, 1.54) is 0 Å². The van der Waals surface area contributed by atoms with Gasteiger partial charge in [0.1, 0.15) is 0 Å². The van der Waals surface area contributed by atoms with E-state index < -0.39 is 0 Å².